The Hall–Kier alpha value is -1.02. The lowest BCUT2D eigenvalue weighted by Gasteiger charge is -2.39. The number of aryl methyl sites for hydroxylation is 2. The van der Waals surface area contributed by atoms with Crippen molar-refractivity contribution in [3.05, 3.63) is 28.8 Å². The summed E-state index contributed by atoms with van der Waals surface area (Å²) in [5.41, 5.74) is 4.12. The Kier molecular flexibility index (Phi) is 4.28. The zero-order valence-corrected chi connectivity index (χ0v) is 12.0. The maximum Gasteiger partial charge on any atom is 0.122 e. The molecule has 2 rings (SSSR count). The molecule has 0 heterocycles. The van der Waals surface area contributed by atoms with Crippen LogP contribution in [0, 0.1) is 19.8 Å². The summed E-state index contributed by atoms with van der Waals surface area (Å²) in [7, 11) is 1.79. The average Bonchev–Trinajstić information content (AvgIpc) is 2.31. The molecule has 2 unspecified atom stereocenters. The lowest BCUT2D eigenvalue weighted by atomic mass is 9.68. The molecule has 2 nitrogen and oxygen atoms in total. The van der Waals surface area contributed by atoms with Crippen LogP contribution >= 0.6 is 0 Å². The number of nitrogens with one attached hydrogen (secondary N) is 1. The number of rotatable bonds is 5. The molecule has 18 heavy (non-hydrogen) atoms. The van der Waals surface area contributed by atoms with Crippen molar-refractivity contribution in [2.75, 3.05) is 20.2 Å². The minimum Gasteiger partial charge on any atom is -0.496 e. The molecular formula is C16H25NO. The Morgan fingerprint density at radius 1 is 1.28 bits per heavy atom. The maximum atomic E-state index is 5.60. The van der Waals surface area contributed by atoms with Crippen LogP contribution in [0.5, 0.6) is 5.75 Å². The summed E-state index contributed by atoms with van der Waals surface area (Å²) in [6, 6.07) is 4.45. The molecule has 1 aliphatic rings. The first kappa shape index (κ1) is 13.4. The van der Waals surface area contributed by atoms with Crippen LogP contribution in [-0.4, -0.2) is 20.2 Å². The van der Waals surface area contributed by atoms with E-state index in [1.165, 1.54) is 29.5 Å². The summed E-state index contributed by atoms with van der Waals surface area (Å²) < 4.78 is 5.60. The van der Waals surface area contributed by atoms with Crippen molar-refractivity contribution in [3.8, 4) is 5.75 Å². The van der Waals surface area contributed by atoms with Crippen molar-refractivity contribution < 1.29 is 4.74 Å². The molecule has 0 radical (unpaired) electrons. The molecule has 0 bridgehead atoms. The second kappa shape index (κ2) is 5.75. The Balaban J connectivity index is 2.22. The van der Waals surface area contributed by atoms with E-state index in [2.05, 4.69) is 38.2 Å². The van der Waals surface area contributed by atoms with Crippen molar-refractivity contribution in [3.63, 3.8) is 0 Å². The van der Waals surface area contributed by atoms with Gasteiger partial charge < -0.3 is 10.1 Å². The molecule has 1 saturated carbocycles. The fraction of sp³-hybridized carbons (Fsp3) is 0.625. The molecule has 2 atom stereocenters. The van der Waals surface area contributed by atoms with Crippen molar-refractivity contribution >= 4 is 0 Å². The average molecular weight is 247 g/mol. The van der Waals surface area contributed by atoms with Gasteiger partial charge in [0.05, 0.1) is 7.11 Å². The molecule has 0 aliphatic heterocycles. The fourth-order valence-electron chi connectivity index (χ4n) is 3.11. The van der Waals surface area contributed by atoms with E-state index in [1.807, 2.05) is 0 Å². The van der Waals surface area contributed by atoms with Gasteiger partial charge >= 0.3 is 0 Å². The van der Waals surface area contributed by atoms with Crippen molar-refractivity contribution in [1.82, 2.24) is 5.32 Å². The van der Waals surface area contributed by atoms with Crippen LogP contribution < -0.4 is 10.1 Å². The molecule has 0 saturated heterocycles. The third-order valence-electron chi connectivity index (χ3n) is 4.16. The molecule has 1 fully saturated rings. The normalized spacial score (nSPS) is 22.7. The number of ether oxygens (including phenoxy) is 1. The van der Waals surface area contributed by atoms with E-state index >= 15 is 0 Å². The van der Waals surface area contributed by atoms with Gasteiger partial charge in [-0.1, -0.05) is 13.0 Å². The third kappa shape index (κ3) is 2.54. The van der Waals surface area contributed by atoms with Crippen LogP contribution in [0.4, 0.5) is 0 Å². The van der Waals surface area contributed by atoms with E-state index in [1.54, 1.807) is 7.11 Å². The number of methoxy groups -OCH3 is 1. The molecule has 0 aromatic heterocycles. The lowest BCUT2D eigenvalue weighted by Crippen LogP contribution is -2.34. The summed E-state index contributed by atoms with van der Waals surface area (Å²) in [6.07, 6.45) is 2.64. The van der Waals surface area contributed by atoms with Crippen LogP contribution in [0.3, 0.4) is 0 Å². The molecule has 0 amide bonds. The van der Waals surface area contributed by atoms with E-state index in [9.17, 15) is 0 Å². The third-order valence-corrected chi connectivity index (χ3v) is 4.16. The van der Waals surface area contributed by atoms with Crippen LogP contribution in [0.25, 0.3) is 0 Å². The Morgan fingerprint density at radius 2 is 2.06 bits per heavy atom. The first-order valence-electron chi connectivity index (χ1n) is 7.03. The topological polar surface area (TPSA) is 21.3 Å². The van der Waals surface area contributed by atoms with Gasteiger partial charge in [-0.25, -0.2) is 0 Å². The van der Waals surface area contributed by atoms with Crippen LogP contribution in [0.1, 0.15) is 42.4 Å². The van der Waals surface area contributed by atoms with Gasteiger partial charge in [-0.3, -0.25) is 0 Å². The monoisotopic (exact) mass is 247 g/mol. The Morgan fingerprint density at radius 3 is 2.61 bits per heavy atom. The highest BCUT2D eigenvalue weighted by Gasteiger charge is 2.34. The van der Waals surface area contributed by atoms with Crippen LogP contribution in [0.2, 0.25) is 0 Å². The number of hydrogen-bond acceptors (Lipinski definition) is 2. The fourth-order valence-corrected chi connectivity index (χ4v) is 3.11. The second-order valence-corrected chi connectivity index (χ2v) is 5.45. The zero-order valence-electron chi connectivity index (χ0n) is 12.0. The smallest absolute Gasteiger partial charge is 0.122 e. The summed E-state index contributed by atoms with van der Waals surface area (Å²) in [5, 5.41) is 3.48. The molecular weight excluding hydrogens is 222 g/mol. The van der Waals surface area contributed by atoms with Gasteiger partial charge in [-0.15, -0.1) is 0 Å². The lowest BCUT2D eigenvalue weighted by molar-refractivity contribution is 0.240. The van der Waals surface area contributed by atoms with Gasteiger partial charge in [0.1, 0.15) is 5.75 Å². The van der Waals surface area contributed by atoms with Gasteiger partial charge in [0, 0.05) is 5.56 Å². The highest BCUT2D eigenvalue weighted by atomic mass is 16.5. The standard InChI is InChI=1S/C16H25NO/c1-5-17-10-13-6-7-14(13)16-12(3)8-11(2)9-15(16)18-4/h8-9,13-14,17H,5-7,10H2,1-4H3. The predicted molar refractivity (Wildman–Crippen MR) is 76.5 cm³/mol. The first-order chi connectivity index (χ1) is 8.67. The van der Waals surface area contributed by atoms with Crippen molar-refractivity contribution in [2.24, 2.45) is 5.92 Å². The highest BCUT2D eigenvalue weighted by Crippen LogP contribution is 2.47. The van der Waals surface area contributed by atoms with Gasteiger partial charge in [0.25, 0.3) is 0 Å². The minimum absolute atomic E-state index is 0.680. The Labute approximate surface area is 111 Å². The van der Waals surface area contributed by atoms with Gasteiger partial charge in [0.15, 0.2) is 0 Å². The quantitative estimate of drug-likeness (QED) is 0.861. The largest absolute Gasteiger partial charge is 0.496 e. The van der Waals surface area contributed by atoms with Crippen LogP contribution in [-0.2, 0) is 0 Å². The van der Waals surface area contributed by atoms with Crippen molar-refractivity contribution in [2.45, 2.75) is 39.5 Å². The van der Waals surface area contributed by atoms with E-state index in [4.69, 9.17) is 4.74 Å². The van der Waals surface area contributed by atoms with E-state index in [0.717, 1.165) is 24.8 Å². The van der Waals surface area contributed by atoms with Gasteiger partial charge in [0.2, 0.25) is 0 Å². The minimum atomic E-state index is 0.680. The van der Waals surface area contributed by atoms with Crippen LogP contribution in [0.15, 0.2) is 12.1 Å². The molecule has 1 N–H and O–H groups in total. The molecule has 1 aliphatic carbocycles. The second-order valence-electron chi connectivity index (χ2n) is 5.45. The zero-order chi connectivity index (χ0) is 13.1. The Bertz CT molecular complexity index is 414. The van der Waals surface area contributed by atoms with Gasteiger partial charge in [-0.05, 0) is 68.8 Å². The van der Waals surface area contributed by atoms with E-state index in [-0.39, 0.29) is 0 Å². The predicted octanol–water partition coefficient (Wildman–Crippen LogP) is 3.42. The summed E-state index contributed by atoms with van der Waals surface area (Å²) in [6.45, 7) is 8.72. The molecule has 0 spiro atoms. The molecule has 1 aromatic carbocycles. The SMILES string of the molecule is CCNCC1CCC1c1c(C)cc(C)cc1OC. The van der Waals surface area contributed by atoms with E-state index < -0.39 is 0 Å². The maximum absolute atomic E-state index is 5.60. The number of benzene rings is 1. The first-order valence-corrected chi connectivity index (χ1v) is 7.03. The van der Waals surface area contributed by atoms with Gasteiger partial charge in [-0.2, -0.15) is 0 Å². The van der Waals surface area contributed by atoms with Crippen molar-refractivity contribution in [1.29, 1.82) is 0 Å². The highest BCUT2D eigenvalue weighted by molar-refractivity contribution is 5.46. The summed E-state index contributed by atoms with van der Waals surface area (Å²) in [5.74, 6) is 2.54. The number of hydrogen-bond donors (Lipinski definition) is 1. The molecule has 2 heteroatoms. The summed E-state index contributed by atoms with van der Waals surface area (Å²) in [4.78, 5) is 0. The molecule has 100 valence electrons. The van der Waals surface area contributed by atoms with E-state index in [0.29, 0.717) is 5.92 Å². The molecule has 1 aromatic rings. The summed E-state index contributed by atoms with van der Waals surface area (Å²) >= 11 is 0.